The molecular formula is C7H3Cl7O2. The van der Waals surface area contributed by atoms with Crippen molar-refractivity contribution in [3.05, 3.63) is 11.1 Å². The van der Waals surface area contributed by atoms with Crippen molar-refractivity contribution in [2.75, 3.05) is 0 Å². The van der Waals surface area contributed by atoms with Gasteiger partial charge in [0.2, 0.25) is 3.79 Å². The minimum atomic E-state index is -2.10. The van der Waals surface area contributed by atoms with Crippen LogP contribution in [-0.2, 0) is 4.79 Å². The van der Waals surface area contributed by atoms with Crippen LogP contribution in [0.5, 0.6) is 0 Å². The first-order valence-corrected chi connectivity index (χ1v) is 6.33. The van der Waals surface area contributed by atoms with Crippen molar-refractivity contribution in [1.82, 2.24) is 0 Å². The number of halogens is 7. The highest BCUT2D eigenvalue weighted by atomic mass is 35.6. The Labute approximate surface area is 126 Å². The van der Waals surface area contributed by atoms with Crippen LogP contribution >= 0.6 is 81.2 Å². The zero-order chi connectivity index (χ0) is 12.9. The van der Waals surface area contributed by atoms with Gasteiger partial charge in [-0.05, 0) is 0 Å². The van der Waals surface area contributed by atoms with Crippen molar-refractivity contribution >= 4 is 87.5 Å². The Morgan fingerprint density at radius 2 is 1.56 bits per heavy atom. The Balaban J connectivity index is 3.54. The van der Waals surface area contributed by atoms with Crippen molar-refractivity contribution in [3.63, 3.8) is 0 Å². The van der Waals surface area contributed by atoms with Crippen LogP contribution in [0, 0.1) is 0 Å². The van der Waals surface area contributed by atoms with Crippen LogP contribution in [-0.4, -0.2) is 30.0 Å². The molecule has 0 radical (unpaired) electrons. The van der Waals surface area contributed by atoms with Gasteiger partial charge in [0.1, 0.15) is 12.4 Å². The van der Waals surface area contributed by atoms with Crippen molar-refractivity contribution < 1.29 is 9.90 Å². The third-order valence-electron chi connectivity index (χ3n) is 2.05. The summed E-state index contributed by atoms with van der Waals surface area (Å²) < 4.78 is -6.18. The summed E-state index contributed by atoms with van der Waals surface area (Å²) in [5.41, 5.74) is -0.700. The van der Waals surface area contributed by atoms with Gasteiger partial charge in [-0.25, -0.2) is 0 Å². The largest absolute Gasteiger partial charge is 0.386 e. The smallest absolute Gasteiger partial charge is 0.215 e. The predicted molar refractivity (Wildman–Crippen MR) is 68.3 cm³/mol. The zero-order valence-corrected chi connectivity index (χ0v) is 12.4. The first-order valence-electron chi connectivity index (χ1n) is 3.68. The van der Waals surface area contributed by atoms with Crippen molar-refractivity contribution in [1.29, 1.82) is 0 Å². The molecule has 0 fully saturated rings. The normalized spacial score (nSPS) is 28.4. The maximum atomic E-state index is 10.9. The van der Waals surface area contributed by atoms with Gasteiger partial charge in [0.25, 0.3) is 0 Å². The van der Waals surface area contributed by atoms with E-state index in [-0.39, 0.29) is 17.4 Å². The molecule has 1 aliphatic carbocycles. The molecule has 0 saturated heterocycles. The SMILES string of the molecule is O=CC1=C(C(Cl)(Cl)Cl)C(Cl)(Cl)[C@H](O)C1(Cl)Cl. The van der Waals surface area contributed by atoms with Gasteiger partial charge in [-0.1, -0.05) is 81.2 Å². The van der Waals surface area contributed by atoms with E-state index in [0.29, 0.717) is 0 Å². The fraction of sp³-hybridized carbons (Fsp3) is 0.571. The number of aliphatic hydroxyl groups is 1. The summed E-state index contributed by atoms with van der Waals surface area (Å²) in [5.74, 6) is 0. The lowest BCUT2D eigenvalue weighted by molar-refractivity contribution is -0.105. The molecule has 9 heteroatoms. The number of carbonyl (C=O) groups excluding carboxylic acids is 1. The number of hydrogen-bond acceptors (Lipinski definition) is 2. The molecule has 1 rings (SSSR count). The molecule has 0 aromatic carbocycles. The quantitative estimate of drug-likeness (QED) is 0.568. The minimum Gasteiger partial charge on any atom is -0.386 e. The summed E-state index contributed by atoms with van der Waals surface area (Å²) in [6, 6.07) is 0. The zero-order valence-electron chi connectivity index (χ0n) is 7.16. The molecule has 1 aliphatic rings. The van der Waals surface area contributed by atoms with Crippen LogP contribution in [0.4, 0.5) is 0 Å². The molecule has 1 atom stereocenters. The monoisotopic (exact) mass is 364 g/mol. The van der Waals surface area contributed by atoms with Crippen molar-refractivity contribution in [2.45, 2.75) is 18.6 Å². The molecule has 16 heavy (non-hydrogen) atoms. The fourth-order valence-corrected chi connectivity index (χ4v) is 4.02. The lowest BCUT2D eigenvalue weighted by Crippen LogP contribution is -2.40. The average molecular weight is 367 g/mol. The number of aldehydes is 1. The van der Waals surface area contributed by atoms with E-state index in [9.17, 15) is 9.90 Å². The second kappa shape index (κ2) is 4.50. The van der Waals surface area contributed by atoms with Gasteiger partial charge in [0.15, 0.2) is 8.67 Å². The van der Waals surface area contributed by atoms with Gasteiger partial charge in [-0.3, -0.25) is 4.79 Å². The predicted octanol–water partition coefficient (Wildman–Crippen LogP) is 3.57. The van der Waals surface area contributed by atoms with E-state index in [4.69, 9.17) is 81.2 Å². The van der Waals surface area contributed by atoms with Crippen LogP contribution in [0.3, 0.4) is 0 Å². The molecule has 1 N–H and O–H groups in total. The Kier molecular flexibility index (Phi) is 4.35. The Bertz CT molecular complexity index is 354. The summed E-state index contributed by atoms with van der Waals surface area (Å²) in [7, 11) is 0. The summed E-state index contributed by atoms with van der Waals surface area (Å²) in [5, 5.41) is 9.72. The molecule has 0 saturated carbocycles. The minimum absolute atomic E-state index is 0.243. The molecule has 0 spiro atoms. The van der Waals surface area contributed by atoms with Crippen LogP contribution in [0.25, 0.3) is 0 Å². The molecule has 0 aromatic rings. The van der Waals surface area contributed by atoms with E-state index in [1.807, 2.05) is 0 Å². The molecular weight excluding hydrogens is 364 g/mol. The summed E-state index contributed by atoms with van der Waals surface area (Å²) in [6.07, 6.45) is -1.45. The van der Waals surface area contributed by atoms with E-state index in [0.717, 1.165) is 0 Å². The fourth-order valence-electron chi connectivity index (χ4n) is 1.34. The van der Waals surface area contributed by atoms with Crippen LogP contribution in [0.1, 0.15) is 0 Å². The van der Waals surface area contributed by atoms with Gasteiger partial charge < -0.3 is 5.11 Å². The Morgan fingerprint density at radius 1 is 1.12 bits per heavy atom. The average Bonchev–Trinajstić information content (AvgIpc) is 2.21. The van der Waals surface area contributed by atoms with Crippen LogP contribution < -0.4 is 0 Å². The molecule has 0 aliphatic heterocycles. The Hall–Kier alpha value is 1.40. The lowest BCUT2D eigenvalue weighted by atomic mass is 10.2. The van der Waals surface area contributed by atoms with E-state index in [1.165, 1.54) is 0 Å². The third-order valence-corrected chi connectivity index (χ3v) is 4.23. The first-order chi connectivity index (χ1) is 6.97. The highest BCUT2D eigenvalue weighted by molar-refractivity contribution is 6.72. The molecule has 0 amide bonds. The second-order valence-electron chi connectivity index (χ2n) is 3.05. The number of alkyl halides is 7. The first kappa shape index (κ1) is 15.5. The van der Waals surface area contributed by atoms with Crippen LogP contribution in [0.15, 0.2) is 11.1 Å². The molecule has 92 valence electrons. The molecule has 0 bridgehead atoms. The van der Waals surface area contributed by atoms with Gasteiger partial charge in [0.05, 0.1) is 0 Å². The molecule has 0 aromatic heterocycles. The molecule has 0 heterocycles. The van der Waals surface area contributed by atoms with Gasteiger partial charge in [-0.2, -0.15) is 0 Å². The topological polar surface area (TPSA) is 37.3 Å². The number of rotatable bonds is 1. The number of aliphatic hydroxyl groups excluding tert-OH is 1. The second-order valence-corrected chi connectivity index (χ2v) is 8.11. The lowest BCUT2D eigenvalue weighted by Gasteiger charge is -2.27. The third kappa shape index (κ3) is 2.28. The Morgan fingerprint density at radius 3 is 1.81 bits per heavy atom. The van der Waals surface area contributed by atoms with E-state index in [1.54, 1.807) is 0 Å². The summed E-state index contributed by atoms with van der Waals surface area (Å²) >= 11 is 39.9. The standard InChI is InChI=1S/C7H3Cl7O2/c8-5(9)2(1-15)3(7(12,13)14)6(10,11)4(5)16/h1,4,16H/t4-/m1/s1. The molecule has 2 nitrogen and oxygen atoms in total. The highest BCUT2D eigenvalue weighted by Gasteiger charge is 2.63. The number of carbonyl (C=O) groups is 1. The maximum absolute atomic E-state index is 10.9. The summed E-state index contributed by atoms with van der Waals surface area (Å²) in [6.45, 7) is 0. The highest BCUT2D eigenvalue weighted by Crippen LogP contribution is 2.59. The van der Waals surface area contributed by atoms with E-state index < -0.39 is 18.6 Å². The summed E-state index contributed by atoms with van der Waals surface area (Å²) in [4.78, 5) is 10.9. The van der Waals surface area contributed by atoms with E-state index >= 15 is 0 Å². The van der Waals surface area contributed by atoms with Crippen molar-refractivity contribution in [2.24, 2.45) is 0 Å². The van der Waals surface area contributed by atoms with Gasteiger partial charge in [-0.15, -0.1) is 0 Å². The maximum Gasteiger partial charge on any atom is 0.215 e. The molecule has 0 unspecified atom stereocenters. The van der Waals surface area contributed by atoms with E-state index in [2.05, 4.69) is 0 Å². The van der Waals surface area contributed by atoms with Gasteiger partial charge in [0, 0.05) is 11.1 Å². The van der Waals surface area contributed by atoms with Crippen LogP contribution in [0.2, 0.25) is 0 Å². The van der Waals surface area contributed by atoms with Crippen molar-refractivity contribution in [3.8, 4) is 0 Å². The van der Waals surface area contributed by atoms with Gasteiger partial charge >= 0.3 is 0 Å². The number of hydrogen-bond donors (Lipinski definition) is 1.